The number of ether oxygens (including phenoxy) is 1. The Labute approximate surface area is 176 Å². The van der Waals surface area contributed by atoms with Crippen LogP contribution < -0.4 is 15.0 Å². The highest BCUT2D eigenvalue weighted by molar-refractivity contribution is 7.14. The van der Waals surface area contributed by atoms with Crippen LogP contribution in [0.3, 0.4) is 0 Å². The second-order valence-corrected chi connectivity index (χ2v) is 8.40. The molecule has 1 aliphatic heterocycles. The summed E-state index contributed by atoms with van der Waals surface area (Å²) in [5.74, 6) is 1.57. The summed E-state index contributed by atoms with van der Waals surface area (Å²) in [6, 6.07) is 9.06. The first kappa shape index (κ1) is 18.8. The number of thiophene rings is 1. The van der Waals surface area contributed by atoms with Gasteiger partial charge in [0.25, 0.3) is 5.89 Å². The zero-order valence-electron chi connectivity index (χ0n) is 16.3. The molecule has 1 aliphatic carbocycles. The number of nitrogens with one attached hydrogen (secondary N) is 1. The molecule has 0 bridgehead atoms. The molecule has 0 spiro atoms. The maximum atomic E-state index is 12.9. The summed E-state index contributed by atoms with van der Waals surface area (Å²) in [7, 11) is 1.59. The largest absolute Gasteiger partial charge is 0.497 e. The molecule has 2 aromatic heterocycles. The number of nitrogens with zero attached hydrogens (tertiary/aromatic N) is 3. The number of benzene rings is 1. The van der Waals surface area contributed by atoms with Crippen LogP contribution in [0, 0.1) is 5.92 Å². The standard InChI is InChI=1S/C21H20N4O4S/c1-28-15-6-4-14(5-7-15)25-11-13(10-17(25)26)20(27)22-16-8-9-30-18(16)21-23-19(24-29-21)12-2-3-12/h4-9,12-13H,2-3,10-11H2,1H3,(H,22,27). The van der Waals surface area contributed by atoms with Crippen LogP contribution in [-0.4, -0.2) is 35.6 Å². The monoisotopic (exact) mass is 424 g/mol. The van der Waals surface area contributed by atoms with E-state index in [1.54, 1.807) is 24.1 Å². The van der Waals surface area contributed by atoms with Crippen LogP contribution in [0.5, 0.6) is 5.75 Å². The van der Waals surface area contributed by atoms with E-state index in [-0.39, 0.29) is 18.2 Å². The molecule has 1 atom stereocenters. The molecule has 2 amide bonds. The van der Waals surface area contributed by atoms with Crippen LogP contribution in [0.4, 0.5) is 11.4 Å². The fraction of sp³-hybridized carbons (Fsp3) is 0.333. The SMILES string of the molecule is COc1ccc(N2CC(C(=O)Nc3ccsc3-c3nc(C4CC4)no3)CC2=O)cc1. The molecule has 8 nitrogen and oxygen atoms in total. The summed E-state index contributed by atoms with van der Waals surface area (Å²) in [4.78, 5) is 32.2. The van der Waals surface area contributed by atoms with Crippen molar-refractivity contribution < 1.29 is 18.8 Å². The summed E-state index contributed by atoms with van der Waals surface area (Å²) >= 11 is 1.43. The Morgan fingerprint density at radius 2 is 2.07 bits per heavy atom. The second-order valence-electron chi connectivity index (χ2n) is 7.49. The molecule has 2 aliphatic rings. The molecule has 1 N–H and O–H groups in total. The van der Waals surface area contributed by atoms with Crippen molar-refractivity contribution in [1.82, 2.24) is 10.1 Å². The topological polar surface area (TPSA) is 97.6 Å². The van der Waals surface area contributed by atoms with Gasteiger partial charge in [-0.05, 0) is 48.6 Å². The van der Waals surface area contributed by atoms with E-state index in [1.165, 1.54) is 11.3 Å². The number of aromatic nitrogens is 2. The molecule has 1 saturated heterocycles. The Kier molecular flexibility index (Phi) is 4.74. The Balaban J connectivity index is 1.28. The van der Waals surface area contributed by atoms with Crippen molar-refractivity contribution in [3.8, 4) is 16.5 Å². The Morgan fingerprint density at radius 1 is 1.27 bits per heavy atom. The van der Waals surface area contributed by atoms with Crippen molar-refractivity contribution in [2.45, 2.75) is 25.2 Å². The average Bonchev–Trinajstić information content (AvgIpc) is 3.14. The summed E-state index contributed by atoms with van der Waals surface area (Å²) in [5.41, 5.74) is 1.39. The van der Waals surface area contributed by atoms with Crippen molar-refractivity contribution in [3.63, 3.8) is 0 Å². The minimum Gasteiger partial charge on any atom is -0.497 e. The minimum absolute atomic E-state index is 0.0724. The lowest BCUT2D eigenvalue weighted by atomic mass is 10.1. The van der Waals surface area contributed by atoms with Crippen LogP contribution >= 0.6 is 11.3 Å². The fourth-order valence-corrected chi connectivity index (χ4v) is 4.31. The first-order chi connectivity index (χ1) is 14.6. The van der Waals surface area contributed by atoms with E-state index < -0.39 is 5.92 Å². The summed E-state index contributed by atoms with van der Waals surface area (Å²) in [6.45, 7) is 0.336. The molecule has 5 rings (SSSR count). The van der Waals surface area contributed by atoms with E-state index in [0.717, 1.165) is 35.0 Å². The maximum absolute atomic E-state index is 12.9. The molecule has 30 heavy (non-hydrogen) atoms. The van der Waals surface area contributed by atoms with Crippen molar-refractivity contribution in [3.05, 3.63) is 41.5 Å². The van der Waals surface area contributed by atoms with Crippen LogP contribution in [-0.2, 0) is 9.59 Å². The van der Waals surface area contributed by atoms with E-state index in [4.69, 9.17) is 9.26 Å². The molecule has 1 unspecified atom stereocenters. The predicted molar refractivity (Wildman–Crippen MR) is 112 cm³/mol. The number of carbonyl (C=O) groups is 2. The molecule has 3 heterocycles. The van der Waals surface area contributed by atoms with Gasteiger partial charge < -0.3 is 19.5 Å². The van der Waals surface area contributed by atoms with Crippen molar-refractivity contribution in [2.24, 2.45) is 5.92 Å². The van der Waals surface area contributed by atoms with Gasteiger partial charge in [-0.25, -0.2) is 0 Å². The summed E-state index contributed by atoms with van der Waals surface area (Å²) in [5, 5.41) is 8.86. The number of anilines is 2. The van der Waals surface area contributed by atoms with Gasteiger partial charge in [-0.1, -0.05) is 5.16 Å². The lowest BCUT2D eigenvalue weighted by Gasteiger charge is -2.17. The molecular weight excluding hydrogens is 404 g/mol. The Hall–Kier alpha value is -3.20. The van der Waals surface area contributed by atoms with E-state index in [2.05, 4.69) is 15.5 Å². The third-order valence-electron chi connectivity index (χ3n) is 5.38. The molecule has 1 aromatic carbocycles. The minimum atomic E-state index is -0.433. The smallest absolute Gasteiger partial charge is 0.270 e. The van der Waals surface area contributed by atoms with Gasteiger partial charge in [-0.15, -0.1) is 11.3 Å². The highest BCUT2D eigenvalue weighted by Crippen LogP contribution is 2.40. The van der Waals surface area contributed by atoms with E-state index in [9.17, 15) is 9.59 Å². The predicted octanol–water partition coefficient (Wildman–Crippen LogP) is 3.68. The maximum Gasteiger partial charge on any atom is 0.270 e. The van der Waals surface area contributed by atoms with E-state index in [0.29, 0.717) is 24.0 Å². The number of amides is 2. The van der Waals surface area contributed by atoms with Crippen molar-refractivity contribution in [1.29, 1.82) is 0 Å². The fourth-order valence-electron chi connectivity index (χ4n) is 3.54. The van der Waals surface area contributed by atoms with Gasteiger partial charge in [0.2, 0.25) is 11.8 Å². The highest BCUT2D eigenvalue weighted by Gasteiger charge is 2.36. The average molecular weight is 424 g/mol. The highest BCUT2D eigenvalue weighted by atomic mass is 32.1. The third-order valence-corrected chi connectivity index (χ3v) is 6.28. The number of hydrogen-bond acceptors (Lipinski definition) is 7. The molecule has 1 saturated carbocycles. The first-order valence-corrected chi connectivity index (χ1v) is 10.7. The van der Waals surface area contributed by atoms with Gasteiger partial charge in [-0.2, -0.15) is 4.98 Å². The molecule has 0 radical (unpaired) electrons. The van der Waals surface area contributed by atoms with E-state index in [1.807, 2.05) is 23.6 Å². The van der Waals surface area contributed by atoms with Crippen molar-refractivity contribution in [2.75, 3.05) is 23.9 Å². The van der Waals surface area contributed by atoms with Gasteiger partial charge in [0.1, 0.15) is 10.6 Å². The second kappa shape index (κ2) is 7.56. The quantitative estimate of drug-likeness (QED) is 0.648. The summed E-state index contributed by atoms with van der Waals surface area (Å²) in [6.07, 6.45) is 2.35. The van der Waals surface area contributed by atoms with Gasteiger partial charge in [-0.3, -0.25) is 9.59 Å². The number of methoxy groups -OCH3 is 1. The third kappa shape index (κ3) is 3.56. The van der Waals surface area contributed by atoms with Crippen molar-refractivity contribution >= 4 is 34.5 Å². The van der Waals surface area contributed by atoms with Crippen LogP contribution in [0.2, 0.25) is 0 Å². The van der Waals surface area contributed by atoms with Gasteiger partial charge >= 0.3 is 0 Å². The van der Waals surface area contributed by atoms with Gasteiger partial charge in [0.05, 0.1) is 18.7 Å². The normalized spacial score (nSPS) is 18.6. The Bertz CT molecular complexity index is 1090. The number of hydrogen-bond donors (Lipinski definition) is 1. The van der Waals surface area contributed by atoms with Crippen LogP contribution in [0.1, 0.15) is 31.0 Å². The molecule has 3 aromatic rings. The van der Waals surface area contributed by atoms with Crippen LogP contribution in [0.15, 0.2) is 40.2 Å². The molecule has 9 heteroatoms. The van der Waals surface area contributed by atoms with E-state index >= 15 is 0 Å². The molecule has 154 valence electrons. The lowest BCUT2D eigenvalue weighted by molar-refractivity contribution is -0.122. The Morgan fingerprint density at radius 3 is 2.80 bits per heavy atom. The van der Waals surface area contributed by atoms with Gasteiger partial charge in [0.15, 0.2) is 5.82 Å². The zero-order chi connectivity index (χ0) is 20.7. The number of rotatable bonds is 6. The number of carbonyl (C=O) groups excluding carboxylic acids is 2. The lowest BCUT2D eigenvalue weighted by Crippen LogP contribution is -2.28. The van der Waals surface area contributed by atoms with Crippen LogP contribution in [0.25, 0.3) is 10.8 Å². The zero-order valence-corrected chi connectivity index (χ0v) is 17.1. The summed E-state index contributed by atoms with van der Waals surface area (Å²) < 4.78 is 10.6. The first-order valence-electron chi connectivity index (χ1n) is 9.79. The van der Waals surface area contributed by atoms with Gasteiger partial charge in [0, 0.05) is 24.6 Å². The molecular formula is C21H20N4O4S. The molecule has 2 fully saturated rings.